The summed E-state index contributed by atoms with van der Waals surface area (Å²) in [5, 5.41) is 16.3. The van der Waals surface area contributed by atoms with Crippen LogP contribution in [-0.4, -0.2) is 109 Å². The molecule has 4 N–H and O–H groups in total. The van der Waals surface area contributed by atoms with Crippen LogP contribution in [0.25, 0.3) is 0 Å². The minimum absolute atomic E-state index is 0.0116. The molecule has 1 heterocycles. The maximum Gasteiger partial charge on any atom is 0.339 e. The van der Waals surface area contributed by atoms with Gasteiger partial charge in [0.2, 0.25) is 0 Å². The van der Waals surface area contributed by atoms with Crippen molar-refractivity contribution in [2.24, 2.45) is 45.3 Å². The quantitative estimate of drug-likeness (QED) is 0.0936. The van der Waals surface area contributed by atoms with Crippen LogP contribution in [0, 0.1) is 34.5 Å². The number of rotatable bonds is 10. The third kappa shape index (κ3) is 8.08. The molecule has 18 nitrogen and oxygen atoms in total. The van der Waals surface area contributed by atoms with Crippen LogP contribution >= 0.6 is 0 Å². The van der Waals surface area contributed by atoms with Crippen molar-refractivity contribution in [2.75, 3.05) is 13.7 Å². The Bertz CT molecular complexity index is 1600. The molecule has 18 heteroatoms. The van der Waals surface area contributed by atoms with Crippen molar-refractivity contribution in [1.29, 1.82) is 0 Å². The fourth-order valence-corrected chi connectivity index (χ4v) is 10.6. The lowest BCUT2D eigenvalue weighted by Crippen LogP contribution is -2.64. The van der Waals surface area contributed by atoms with Gasteiger partial charge in [0, 0.05) is 45.4 Å². The predicted molar refractivity (Wildman–Crippen MR) is 186 cm³/mol. The van der Waals surface area contributed by atoms with Gasteiger partial charge in [0.15, 0.2) is 30.7 Å². The van der Waals surface area contributed by atoms with Crippen LogP contribution in [0.4, 0.5) is 4.79 Å². The molecule has 55 heavy (non-hydrogen) atoms. The number of aliphatic hydroxyl groups is 1. The highest BCUT2D eigenvalue weighted by molar-refractivity contribution is 5.97. The maximum atomic E-state index is 14.4. The van der Waals surface area contributed by atoms with Crippen LogP contribution in [0.2, 0.25) is 0 Å². The summed E-state index contributed by atoms with van der Waals surface area (Å²) in [4.78, 5) is 87.2. The first-order chi connectivity index (χ1) is 25.7. The normalized spacial score (nSPS) is 39.6. The molecule has 0 radical (unpaired) electrons. The number of nitrogens with one attached hydrogen (secondary N) is 1. The number of hydrazone groups is 1. The molecule has 1 aliphatic heterocycles. The van der Waals surface area contributed by atoms with Gasteiger partial charge < -0.3 is 44.0 Å². The van der Waals surface area contributed by atoms with Crippen molar-refractivity contribution in [3.8, 4) is 0 Å². The lowest BCUT2D eigenvalue weighted by Gasteiger charge is -2.60. The van der Waals surface area contributed by atoms with Crippen molar-refractivity contribution >= 4 is 47.4 Å². The van der Waals surface area contributed by atoms with Gasteiger partial charge in [-0.2, -0.15) is 5.10 Å². The number of carbonyl (C=O) groups is 7. The molecule has 0 unspecified atom stereocenters. The summed E-state index contributed by atoms with van der Waals surface area (Å²) in [5.41, 5.74) is 4.39. The number of primary amides is 1. The van der Waals surface area contributed by atoms with Crippen molar-refractivity contribution in [3.05, 3.63) is 0 Å². The van der Waals surface area contributed by atoms with E-state index >= 15 is 0 Å². The second kappa shape index (κ2) is 16.1. The summed E-state index contributed by atoms with van der Waals surface area (Å²) in [6.07, 6.45) is -4.04. The van der Waals surface area contributed by atoms with E-state index in [9.17, 15) is 38.7 Å². The van der Waals surface area contributed by atoms with Crippen molar-refractivity contribution in [1.82, 2.24) is 5.43 Å². The van der Waals surface area contributed by atoms with E-state index in [0.29, 0.717) is 32.1 Å². The molecule has 0 aromatic carbocycles. The maximum absolute atomic E-state index is 14.4. The number of fused-ring (bicyclic) bond motifs is 5. The molecular weight excluding hydrogens is 726 g/mol. The number of nitrogens with two attached hydrogens (primary N) is 1. The van der Waals surface area contributed by atoms with Gasteiger partial charge in [0.1, 0.15) is 23.7 Å². The van der Waals surface area contributed by atoms with Crippen molar-refractivity contribution in [2.45, 2.75) is 135 Å². The van der Waals surface area contributed by atoms with Gasteiger partial charge in [0.25, 0.3) is 0 Å². The van der Waals surface area contributed by atoms with Crippen LogP contribution in [0.3, 0.4) is 0 Å². The van der Waals surface area contributed by atoms with E-state index in [4.69, 9.17) is 38.9 Å². The molecular formula is C37H53N3O15. The summed E-state index contributed by atoms with van der Waals surface area (Å²) in [6.45, 7) is 8.19. The Hall–Kier alpha value is -4.16. The highest BCUT2D eigenvalue weighted by Gasteiger charge is 2.69. The minimum Gasteiger partial charge on any atom is -0.467 e. The average Bonchev–Trinajstić information content (AvgIpc) is 3.35. The summed E-state index contributed by atoms with van der Waals surface area (Å²) in [7, 11) is 1.11. The van der Waals surface area contributed by atoms with E-state index in [1.807, 2.05) is 6.92 Å². The molecule has 0 bridgehead atoms. The Morgan fingerprint density at radius 2 is 1.53 bits per heavy atom. The van der Waals surface area contributed by atoms with Crippen LogP contribution in [-0.2, 0) is 61.9 Å². The van der Waals surface area contributed by atoms with Crippen LogP contribution < -0.4 is 11.2 Å². The van der Waals surface area contributed by atoms with Gasteiger partial charge in [-0.05, 0) is 68.1 Å². The lowest BCUT2D eigenvalue weighted by molar-refractivity contribution is -0.314. The Morgan fingerprint density at radius 1 is 0.891 bits per heavy atom. The van der Waals surface area contributed by atoms with Gasteiger partial charge in [-0.1, -0.05) is 13.8 Å². The highest BCUT2D eigenvalue weighted by Crippen LogP contribution is 2.67. The first-order valence-electron chi connectivity index (χ1n) is 18.7. The molecule has 306 valence electrons. The van der Waals surface area contributed by atoms with Crippen LogP contribution in [0.1, 0.15) is 92.9 Å². The molecule has 5 fully saturated rings. The summed E-state index contributed by atoms with van der Waals surface area (Å²) < 4.78 is 39.0. The third-order valence-corrected chi connectivity index (χ3v) is 12.8. The van der Waals surface area contributed by atoms with Gasteiger partial charge >= 0.3 is 35.9 Å². The minimum atomic E-state index is -1.65. The smallest absolute Gasteiger partial charge is 0.339 e. The molecule has 1 saturated heterocycles. The monoisotopic (exact) mass is 779 g/mol. The predicted octanol–water partition coefficient (Wildman–Crippen LogP) is 1.60. The second-order valence-electron chi connectivity index (χ2n) is 16.0. The Kier molecular flexibility index (Phi) is 12.3. The Balaban J connectivity index is 1.37. The van der Waals surface area contributed by atoms with Crippen molar-refractivity contribution in [3.63, 3.8) is 0 Å². The number of amides is 2. The zero-order valence-electron chi connectivity index (χ0n) is 32.3. The standard InChI is InChI=1S/C37H53N3O15/c1-17(41)50-16-26(39-40-34(38)47)37(48)13-11-24-23-9-8-21-14-22(10-12-35(21,5)27(23)25(45)15-36(24,37)6)54-33-31(53-20(4)44)29(52-19(3)43)28(51-18(2)42)30(55-33)32(46)49-7/h21-24,27-31,33,48H,8-16H2,1-7H3,(H3,38,40,47)/b39-26-/t21-,22-,23+,24-,27-,28+,29+,30-,31-,33-,35-,36-,37+/m1/s1. The van der Waals surface area contributed by atoms with E-state index in [1.165, 1.54) is 6.92 Å². The van der Waals surface area contributed by atoms with Gasteiger partial charge in [-0.3, -0.25) is 24.0 Å². The Morgan fingerprint density at radius 3 is 2.13 bits per heavy atom. The number of urea groups is 1. The third-order valence-electron chi connectivity index (χ3n) is 12.8. The molecule has 0 aromatic heterocycles. The number of methoxy groups -OCH3 is 1. The number of ether oxygens (including phenoxy) is 7. The number of carbonyl (C=O) groups excluding carboxylic acids is 7. The molecule has 4 saturated carbocycles. The van der Waals surface area contributed by atoms with Gasteiger partial charge in [0.05, 0.1) is 13.2 Å². The number of hydrogen-bond acceptors (Lipinski definition) is 16. The summed E-state index contributed by atoms with van der Waals surface area (Å²) in [5.74, 6) is -4.31. The van der Waals surface area contributed by atoms with E-state index < -0.39 is 89.1 Å². The van der Waals surface area contributed by atoms with E-state index in [-0.39, 0.29) is 54.6 Å². The zero-order chi connectivity index (χ0) is 40.6. The van der Waals surface area contributed by atoms with E-state index in [1.54, 1.807) is 0 Å². The van der Waals surface area contributed by atoms with E-state index in [0.717, 1.165) is 34.3 Å². The first kappa shape index (κ1) is 42.0. The van der Waals surface area contributed by atoms with Gasteiger partial charge in [-0.15, -0.1) is 0 Å². The number of nitrogens with zero attached hydrogens (tertiary/aromatic N) is 1. The molecule has 0 spiro atoms. The van der Waals surface area contributed by atoms with Crippen LogP contribution in [0.15, 0.2) is 5.10 Å². The van der Waals surface area contributed by atoms with E-state index in [2.05, 4.69) is 17.5 Å². The SMILES string of the molecule is COC(=O)[C@@H]1O[C@@H](O[C@@H]2CC[C@]3(C)[C@H](CC[C@H]4[C@H]5CC[C@](O)(/C(COC(C)=O)=N\NC(N)=O)[C@]5(C)CC(=O)[C@@H]43)C2)[C@H](OC(C)=O)[C@@H](OC(C)=O)[C@@H]1OC(C)=O. The average molecular weight is 780 g/mol. The van der Waals surface area contributed by atoms with Crippen molar-refractivity contribution < 1.29 is 71.8 Å². The lowest BCUT2D eigenvalue weighted by atomic mass is 9.44. The number of esters is 5. The Labute approximate surface area is 318 Å². The summed E-state index contributed by atoms with van der Waals surface area (Å²) in [6, 6.07) is -0.954. The molecule has 2 amide bonds. The zero-order valence-corrected chi connectivity index (χ0v) is 32.3. The first-order valence-corrected chi connectivity index (χ1v) is 18.7. The van der Waals surface area contributed by atoms with Gasteiger partial charge in [-0.25, -0.2) is 15.0 Å². The molecule has 5 rings (SSSR count). The molecule has 4 aliphatic carbocycles. The largest absolute Gasteiger partial charge is 0.467 e. The number of ketones is 1. The van der Waals surface area contributed by atoms with Crippen LogP contribution in [0.5, 0.6) is 0 Å². The molecule has 13 atom stereocenters. The fourth-order valence-electron chi connectivity index (χ4n) is 10.6. The topological polar surface area (TPSA) is 255 Å². The highest BCUT2D eigenvalue weighted by atomic mass is 16.7. The fraction of sp³-hybridized carbons (Fsp3) is 0.784. The number of Topliss-reactive ketones (excluding diaryl/α,β-unsaturated/α-hetero) is 1. The second-order valence-corrected chi connectivity index (χ2v) is 16.0. The summed E-state index contributed by atoms with van der Waals surface area (Å²) >= 11 is 0. The molecule has 0 aromatic rings. The molecule has 5 aliphatic rings. The number of hydrogen-bond donors (Lipinski definition) is 3.